The van der Waals surface area contributed by atoms with Gasteiger partial charge in [-0.2, -0.15) is 0 Å². The van der Waals surface area contributed by atoms with Gasteiger partial charge >= 0.3 is 0 Å². The van der Waals surface area contributed by atoms with Crippen LogP contribution in [0.1, 0.15) is 16.8 Å². The van der Waals surface area contributed by atoms with Crippen molar-refractivity contribution in [1.82, 2.24) is 14.9 Å². The maximum absolute atomic E-state index is 13.6. The minimum absolute atomic E-state index is 0.168. The molecule has 32 heavy (non-hydrogen) atoms. The molecule has 2 heterocycles. The molecule has 0 saturated heterocycles. The van der Waals surface area contributed by atoms with Crippen LogP contribution >= 0.6 is 0 Å². The van der Waals surface area contributed by atoms with Crippen LogP contribution in [0.3, 0.4) is 0 Å². The molecule has 4 aromatic rings. The van der Waals surface area contributed by atoms with Gasteiger partial charge in [-0.3, -0.25) is 14.6 Å². The summed E-state index contributed by atoms with van der Waals surface area (Å²) in [4.78, 5) is 29.0. The first-order valence-electron chi connectivity index (χ1n) is 10.2. The third-order valence-corrected chi connectivity index (χ3v) is 5.08. The highest BCUT2D eigenvalue weighted by Crippen LogP contribution is 2.23. The molecular weight excluding hydrogens is 409 g/mol. The summed E-state index contributed by atoms with van der Waals surface area (Å²) in [5, 5.41) is 3.64. The van der Waals surface area contributed by atoms with Crippen LogP contribution in [0, 0.1) is 12.7 Å². The van der Waals surface area contributed by atoms with E-state index in [0.717, 1.165) is 16.6 Å². The van der Waals surface area contributed by atoms with E-state index in [4.69, 9.17) is 4.74 Å². The number of amides is 1. The first-order valence-corrected chi connectivity index (χ1v) is 10.2. The lowest BCUT2D eigenvalue weighted by atomic mass is 10.1. The van der Waals surface area contributed by atoms with E-state index in [2.05, 4.69) is 10.3 Å². The molecule has 0 bridgehead atoms. The second-order valence-corrected chi connectivity index (χ2v) is 7.45. The fourth-order valence-corrected chi connectivity index (χ4v) is 3.49. The van der Waals surface area contributed by atoms with Crippen molar-refractivity contribution in [3.63, 3.8) is 0 Å². The third-order valence-electron chi connectivity index (χ3n) is 5.08. The molecule has 0 aliphatic heterocycles. The van der Waals surface area contributed by atoms with Crippen LogP contribution in [0.15, 0.2) is 77.7 Å². The van der Waals surface area contributed by atoms with Gasteiger partial charge in [0.15, 0.2) is 6.61 Å². The molecule has 1 N–H and O–H groups in total. The van der Waals surface area contributed by atoms with Crippen molar-refractivity contribution in [2.75, 3.05) is 6.61 Å². The fourth-order valence-electron chi connectivity index (χ4n) is 3.49. The lowest BCUT2D eigenvalue weighted by molar-refractivity contribution is -0.123. The Morgan fingerprint density at radius 3 is 2.75 bits per heavy atom. The van der Waals surface area contributed by atoms with Crippen molar-refractivity contribution in [3.05, 3.63) is 106 Å². The average Bonchev–Trinajstić information content (AvgIpc) is 2.79. The molecule has 162 valence electrons. The van der Waals surface area contributed by atoms with E-state index < -0.39 is 0 Å². The number of benzene rings is 2. The number of halogens is 1. The molecule has 2 aromatic heterocycles. The van der Waals surface area contributed by atoms with Crippen LogP contribution in [0.5, 0.6) is 5.75 Å². The van der Waals surface area contributed by atoms with E-state index in [1.165, 1.54) is 12.1 Å². The van der Waals surface area contributed by atoms with Crippen molar-refractivity contribution < 1.29 is 13.9 Å². The molecule has 7 heteroatoms. The summed E-state index contributed by atoms with van der Waals surface area (Å²) in [6.07, 6.45) is 1.67. The van der Waals surface area contributed by atoms with Crippen molar-refractivity contribution in [3.8, 4) is 5.75 Å². The van der Waals surface area contributed by atoms with Crippen LogP contribution in [-0.4, -0.2) is 22.1 Å². The van der Waals surface area contributed by atoms with Gasteiger partial charge in [-0.1, -0.05) is 18.2 Å². The number of rotatable bonds is 7. The Labute approximate surface area is 184 Å². The topological polar surface area (TPSA) is 73.2 Å². The second-order valence-electron chi connectivity index (χ2n) is 7.45. The number of aromatic nitrogens is 2. The molecule has 0 aliphatic carbocycles. The van der Waals surface area contributed by atoms with Crippen molar-refractivity contribution in [1.29, 1.82) is 0 Å². The predicted molar refractivity (Wildman–Crippen MR) is 120 cm³/mol. The standard InChI is InChI=1S/C25H22FN3O3/c1-17-11-25(31)29(15-18-5-4-6-19(26)12-18)23-13-21(8-9-22(17)23)32-16-24(30)28-14-20-7-2-3-10-27-20/h2-13H,14-16H2,1H3,(H,28,30). The summed E-state index contributed by atoms with van der Waals surface area (Å²) in [7, 11) is 0. The predicted octanol–water partition coefficient (Wildman–Crippen LogP) is 3.59. The second kappa shape index (κ2) is 9.43. The number of hydrogen-bond acceptors (Lipinski definition) is 4. The molecular formula is C25H22FN3O3. The van der Waals surface area contributed by atoms with Crippen LogP contribution < -0.4 is 15.6 Å². The number of hydrogen-bond donors (Lipinski definition) is 1. The Balaban J connectivity index is 1.53. The number of ether oxygens (including phenoxy) is 1. The Morgan fingerprint density at radius 1 is 1.09 bits per heavy atom. The first-order chi connectivity index (χ1) is 15.5. The molecule has 0 atom stereocenters. The summed E-state index contributed by atoms with van der Waals surface area (Å²) in [6.45, 7) is 2.23. The summed E-state index contributed by atoms with van der Waals surface area (Å²) < 4.78 is 20.8. The van der Waals surface area contributed by atoms with Crippen molar-refractivity contribution in [2.45, 2.75) is 20.0 Å². The number of fused-ring (bicyclic) bond motifs is 1. The first kappa shape index (κ1) is 21.2. The number of pyridine rings is 2. The van der Waals surface area contributed by atoms with Gasteiger partial charge in [0, 0.05) is 23.7 Å². The van der Waals surface area contributed by atoms with E-state index in [9.17, 15) is 14.0 Å². The quantitative estimate of drug-likeness (QED) is 0.485. The van der Waals surface area contributed by atoms with Gasteiger partial charge in [-0.25, -0.2) is 4.39 Å². The Morgan fingerprint density at radius 2 is 1.97 bits per heavy atom. The van der Waals surface area contributed by atoms with Gasteiger partial charge in [0.2, 0.25) is 0 Å². The lowest BCUT2D eigenvalue weighted by Crippen LogP contribution is -2.28. The van der Waals surface area contributed by atoms with Crippen LogP contribution in [-0.2, 0) is 17.9 Å². The Kier molecular flexibility index (Phi) is 6.26. The maximum atomic E-state index is 13.6. The highest BCUT2D eigenvalue weighted by Gasteiger charge is 2.10. The van der Waals surface area contributed by atoms with Crippen LogP contribution in [0.2, 0.25) is 0 Å². The molecule has 0 aliphatic rings. The molecule has 4 rings (SSSR count). The third kappa shape index (κ3) is 5.00. The number of nitrogens with zero attached hydrogens (tertiary/aromatic N) is 2. The summed E-state index contributed by atoms with van der Waals surface area (Å²) in [5.74, 6) is -0.173. The van der Waals surface area contributed by atoms with Gasteiger partial charge in [0.1, 0.15) is 11.6 Å². The molecule has 0 unspecified atom stereocenters. The van der Waals surface area contributed by atoms with Crippen LogP contribution in [0.25, 0.3) is 10.9 Å². The van der Waals surface area contributed by atoms with E-state index in [-0.39, 0.29) is 30.4 Å². The lowest BCUT2D eigenvalue weighted by Gasteiger charge is -2.14. The minimum Gasteiger partial charge on any atom is -0.484 e. The van der Waals surface area contributed by atoms with E-state index >= 15 is 0 Å². The normalized spacial score (nSPS) is 10.8. The van der Waals surface area contributed by atoms with E-state index in [0.29, 0.717) is 23.4 Å². The number of aryl methyl sites for hydroxylation is 1. The fraction of sp³-hybridized carbons (Fsp3) is 0.160. The number of carbonyl (C=O) groups is 1. The van der Waals surface area contributed by atoms with Gasteiger partial charge < -0.3 is 14.6 Å². The van der Waals surface area contributed by atoms with Crippen molar-refractivity contribution in [2.24, 2.45) is 0 Å². The zero-order valence-corrected chi connectivity index (χ0v) is 17.5. The molecule has 0 saturated carbocycles. The monoisotopic (exact) mass is 431 g/mol. The Hall–Kier alpha value is -4.00. The Bertz CT molecular complexity index is 1320. The summed E-state index contributed by atoms with van der Waals surface area (Å²) >= 11 is 0. The largest absolute Gasteiger partial charge is 0.484 e. The molecule has 0 spiro atoms. The van der Waals surface area contributed by atoms with Gasteiger partial charge in [0.05, 0.1) is 24.3 Å². The molecule has 0 fully saturated rings. The SMILES string of the molecule is Cc1cc(=O)n(Cc2cccc(F)c2)c2cc(OCC(=O)NCc3ccccn3)ccc12. The van der Waals surface area contributed by atoms with Crippen molar-refractivity contribution >= 4 is 16.8 Å². The molecule has 0 radical (unpaired) electrons. The van der Waals surface area contributed by atoms with Gasteiger partial charge in [0.25, 0.3) is 11.5 Å². The van der Waals surface area contributed by atoms with Gasteiger partial charge in [-0.05, 0) is 54.4 Å². The van der Waals surface area contributed by atoms with E-state index in [1.807, 2.05) is 31.2 Å². The molecule has 2 aromatic carbocycles. The molecule has 1 amide bonds. The highest BCUT2D eigenvalue weighted by atomic mass is 19.1. The van der Waals surface area contributed by atoms with Gasteiger partial charge in [-0.15, -0.1) is 0 Å². The van der Waals surface area contributed by atoms with Crippen LogP contribution in [0.4, 0.5) is 4.39 Å². The maximum Gasteiger partial charge on any atom is 0.258 e. The zero-order valence-electron chi connectivity index (χ0n) is 17.5. The summed E-state index contributed by atoms with van der Waals surface area (Å²) in [6, 6.07) is 18.6. The smallest absolute Gasteiger partial charge is 0.258 e. The highest BCUT2D eigenvalue weighted by molar-refractivity contribution is 5.84. The molecule has 6 nitrogen and oxygen atoms in total. The average molecular weight is 431 g/mol. The minimum atomic E-state index is -0.354. The number of nitrogens with one attached hydrogen (secondary N) is 1. The van der Waals surface area contributed by atoms with E-state index in [1.54, 1.807) is 41.1 Å². The summed E-state index contributed by atoms with van der Waals surface area (Å²) in [5.41, 5.74) is 2.73. The zero-order chi connectivity index (χ0) is 22.5. The number of carbonyl (C=O) groups excluding carboxylic acids is 1.